The molecule has 192 valence electrons. The van der Waals surface area contributed by atoms with Gasteiger partial charge in [0.25, 0.3) is 0 Å². The van der Waals surface area contributed by atoms with Gasteiger partial charge in [0.2, 0.25) is 4.90 Å². The minimum absolute atomic E-state index is 0.0571. The van der Waals surface area contributed by atoms with Crippen LogP contribution in [0.5, 0.6) is 5.75 Å². The molecule has 0 radical (unpaired) electrons. The predicted octanol–water partition coefficient (Wildman–Crippen LogP) is 4.01. The van der Waals surface area contributed by atoms with Crippen LogP contribution in [0.2, 0.25) is 0 Å². The molecule has 1 saturated heterocycles. The molecule has 1 aliphatic heterocycles. The van der Waals surface area contributed by atoms with Crippen molar-refractivity contribution in [2.45, 2.75) is 37.7 Å². The Morgan fingerprint density at radius 3 is 2.63 bits per heavy atom. The van der Waals surface area contributed by atoms with Gasteiger partial charge < -0.3 is 19.1 Å². The molecule has 3 rings (SSSR count). The quantitative estimate of drug-likeness (QED) is 0.367. The van der Waals surface area contributed by atoms with E-state index in [1.165, 1.54) is 25.4 Å². The number of rotatable bonds is 10. The van der Waals surface area contributed by atoms with E-state index in [4.69, 9.17) is 14.2 Å². The molecule has 1 atom stereocenters. The van der Waals surface area contributed by atoms with Crippen LogP contribution in [-0.2, 0) is 24.1 Å². The van der Waals surface area contributed by atoms with Crippen molar-refractivity contribution in [1.82, 2.24) is 14.6 Å². The van der Waals surface area contributed by atoms with Crippen LogP contribution in [0.1, 0.15) is 26.7 Å². The first kappa shape index (κ1) is 27.0. The zero-order valence-electron chi connectivity index (χ0n) is 20.2. The summed E-state index contributed by atoms with van der Waals surface area (Å²) in [6.07, 6.45) is 2.77. The average Bonchev–Trinajstić information content (AvgIpc) is 2.83. The Morgan fingerprint density at radius 2 is 2.03 bits per heavy atom. The third kappa shape index (κ3) is 7.69. The molecule has 2 N–H and O–H groups in total. The molecule has 0 saturated carbocycles. The Kier molecular flexibility index (Phi) is 9.55. The number of nitrogens with one attached hydrogen (secondary N) is 1. The van der Waals surface area contributed by atoms with Gasteiger partial charge in [0.1, 0.15) is 11.6 Å². The van der Waals surface area contributed by atoms with Gasteiger partial charge in [0.05, 0.1) is 37.8 Å². The molecule has 1 fully saturated rings. The van der Waals surface area contributed by atoms with Gasteiger partial charge in [-0.25, -0.2) is 9.18 Å². The Morgan fingerprint density at radius 1 is 1.29 bits per heavy atom. The van der Waals surface area contributed by atoms with Crippen molar-refractivity contribution in [1.29, 1.82) is 0 Å². The van der Waals surface area contributed by atoms with Crippen LogP contribution in [0.4, 0.5) is 9.18 Å². The summed E-state index contributed by atoms with van der Waals surface area (Å²) >= 11 is 0. The second kappa shape index (κ2) is 12.4. The van der Waals surface area contributed by atoms with Crippen LogP contribution in [0.15, 0.2) is 41.4 Å². The molecule has 1 unspecified atom stereocenters. The standard InChI is InChI=1S/C24H32FN3O6S/c1-17(2)34-24(29)28-11-8-18(9-12-28)16-33-19-4-7-23(26-15-19)21-6-5-20(14-22(21)25)35(30,31)27-10-13-32-3/h4-7,14-15,17-18H,8-13,16H2,1-3H3,(H-,27,30,31)/p+1. The molecule has 1 amide bonds. The Labute approximate surface area is 206 Å². The van der Waals surface area contributed by atoms with Crippen LogP contribution in [0, 0.1) is 11.7 Å². The first-order chi connectivity index (χ1) is 16.7. The van der Waals surface area contributed by atoms with Crippen LogP contribution in [0.25, 0.3) is 11.3 Å². The van der Waals surface area contributed by atoms with E-state index in [2.05, 4.69) is 9.71 Å². The fraction of sp³-hybridized carbons (Fsp3) is 0.500. The summed E-state index contributed by atoms with van der Waals surface area (Å²) in [5.74, 6) is 0.225. The fourth-order valence-electron chi connectivity index (χ4n) is 3.64. The van der Waals surface area contributed by atoms with Crippen molar-refractivity contribution < 1.29 is 32.2 Å². The van der Waals surface area contributed by atoms with Crippen molar-refractivity contribution >= 4 is 16.5 Å². The highest BCUT2D eigenvalue weighted by Crippen LogP contribution is 2.27. The van der Waals surface area contributed by atoms with Crippen LogP contribution < -0.4 is 9.46 Å². The fourth-order valence-corrected chi connectivity index (χ4v) is 4.68. The summed E-state index contributed by atoms with van der Waals surface area (Å²) in [7, 11) is -2.10. The number of piperidine rings is 1. The third-order valence-corrected chi connectivity index (χ3v) is 7.06. The maximum atomic E-state index is 14.7. The Balaban J connectivity index is 1.53. The first-order valence-electron chi connectivity index (χ1n) is 11.5. The monoisotopic (exact) mass is 510 g/mol. The molecule has 1 aliphatic rings. The average molecular weight is 511 g/mol. The number of hydrogen-bond donors (Lipinski definition) is 2. The summed E-state index contributed by atoms with van der Waals surface area (Å²) < 4.78 is 55.6. The van der Waals surface area contributed by atoms with E-state index in [-0.39, 0.29) is 35.8 Å². The molecular formula is C24H33FN3O6S+. The number of hydrogen-bond acceptors (Lipinski definition) is 6. The molecule has 2 heterocycles. The molecule has 9 nitrogen and oxygen atoms in total. The molecule has 0 bridgehead atoms. The van der Waals surface area contributed by atoms with Gasteiger partial charge in [0, 0.05) is 31.8 Å². The number of aromatic nitrogens is 1. The van der Waals surface area contributed by atoms with Crippen LogP contribution >= 0.6 is 0 Å². The van der Waals surface area contributed by atoms with Gasteiger partial charge >= 0.3 is 16.5 Å². The van der Waals surface area contributed by atoms with Crippen LogP contribution in [0.3, 0.4) is 0 Å². The largest absolute Gasteiger partial charge is 0.492 e. The molecular weight excluding hydrogens is 477 g/mol. The number of pyridine rings is 1. The topological polar surface area (TPSA) is 110 Å². The van der Waals surface area contributed by atoms with Gasteiger partial charge in [-0.1, -0.05) is 0 Å². The smallest absolute Gasteiger partial charge is 0.410 e. The number of ether oxygens (including phenoxy) is 3. The lowest BCUT2D eigenvalue weighted by atomic mass is 9.98. The molecule has 0 aliphatic carbocycles. The summed E-state index contributed by atoms with van der Waals surface area (Å²) in [6, 6.07) is 7.22. The zero-order valence-corrected chi connectivity index (χ0v) is 21.1. The summed E-state index contributed by atoms with van der Waals surface area (Å²) in [5, 5.41) is 0. The van der Waals surface area contributed by atoms with Gasteiger partial charge in [-0.15, -0.1) is 4.72 Å². The summed E-state index contributed by atoms with van der Waals surface area (Å²) in [6.45, 7) is 5.83. The maximum absolute atomic E-state index is 14.7. The van der Waals surface area contributed by atoms with Gasteiger partial charge in [-0.05, 0) is 61.1 Å². The second-order valence-electron chi connectivity index (χ2n) is 8.61. The van der Waals surface area contributed by atoms with E-state index in [1.807, 2.05) is 13.8 Å². The van der Waals surface area contributed by atoms with Gasteiger partial charge in [-0.2, -0.15) is 4.55 Å². The first-order valence-corrected chi connectivity index (χ1v) is 13.1. The molecule has 35 heavy (non-hydrogen) atoms. The van der Waals surface area contributed by atoms with Crippen LogP contribution in [-0.4, -0.2) is 66.6 Å². The third-order valence-electron chi connectivity index (χ3n) is 5.57. The lowest BCUT2D eigenvalue weighted by Crippen LogP contribution is -2.40. The van der Waals surface area contributed by atoms with E-state index in [0.717, 1.165) is 18.9 Å². The summed E-state index contributed by atoms with van der Waals surface area (Å²) in [5.41, 5.74) is 0.600. The van der Waals surface area contributed by atoms with Crippen molar-refractivity contribution in [2.75, 3.05) is 40.0 Å². The predicted molar refractivity (Wildman–Crippen MR) is 130 cm³/mol. The number of methoxy groups -OCH3 is 1. The molecule has 1 aromatic heterocycles. The lowest BCUT2D eigenvalue weighted by Gasteiger charge is -2.31. The number of amides is 1. The molecule has 11 heteroatoms. The SMILES string of the molecule is COCCN[S+](=O)(O)c1ccc(-c2ccc(OCC3CCN(C(=O)OC(C)C)CC3)cn2)c(F)c1. The Bertz CT molecular complexity index is 1030. The molecule has 1 aromatic carbocycles. The highest BCUT2D eigenvalue weighted by Gasteiger charge is 2.30. The van der Waals surface area contributed by atoms with Crippen molar-refractivity contribution in [3.05, 3.63) is 42.3 Å². The number of carbonyl (C=O) groups excluding carboxylic acids is 1. The highest BCUT2D eigenvalue weighted by atomic mass is 32.3. The maximum Gasteiger partial charge on any atom is 0.410 e. The number of benzene rings is 1. The van der Waals surface area contributed by atoms with Gasteiger partial charge in [-0.3, -0.25) is 4.98 Å². The van der Waals surface area contributed by atoms with E-state index in [0.29, 0.717) is 37.1 Å². The number of likely N-dealkylation sites (tertiary alicyclic amines) is 1. The lowest BCUT2D eigenvalue weighted by molar-refractivity contribution is 0.0608. The minimum atomic E-state index is -3.58. The molecule has 0 spiro atoms. The molecule has 2 aromatic rings. The van der Waals surface area contributed by atoms with Gasteiger partial charge in [0.15, 0.2) is 0 Å². The minimum Gasteiger partial charge on any atom is -0.492 e. The van der Waals surface area contributed by atoms with Crippen molar-refractivity contribution in [2.24, 2.45) is 5.92 Å². The summed E-state index contributed by atoms with van der Waals surface area (Å²) in [4.78, 5) is 17.9. The Hall–Kier alpha value is -2.60. The van der Waals surface area contributed by atoms with Crippen molar-refractivity contribution in [3.8, 4) is 17.0 Å². The van der Waals surface area contributed by atoms with Crippen molar-refractivity contribution in [3.63, 3.8) is 0 Å². The van der Waals surface area contributed by atoms with E-state index < -0.39 is 16.2 Å². The number of carbonyl (C=O) groups is 1. The number of halogens is 1. The highest BCUT2D eigenvalue weighted by molar-refractivity contribution is 7.95. The zero-order chi connectivity index (χ0) is 25.4. The van der Waals surface area contributed by atoms with E-state index in [9.17, 15) is 17.9 Å². The second-order valence-corrected chi connectivity index (χ2v) is 10.4. The van der Waals surface area contributed by atoms with E-state index >= 15 is 0 Å². The normalized spacial score (nSPS) is 16.2. The van der Waals surface area contributed by atoms with E-state index in [1.54, 1.807) is 17.0 Å². The number of nitrogens with zero attached hydrogens (tertiary/aromatic N) is 2.